The Morgan fingerprint density at radius 2 is 2.21 bits per heavy atom. The zero-order chi connectivity index (χ0) is 13.8. The Bertz CT molecular complexity index is 587. The zero-order valence-corrected chi connectivity index (χ0v) is 9.72. The number of nitrogens with one attached hydrogen (secondary N) is 1. The molecule has 0 fully saturated rings. The third-order valence-electron chi connectivity index (χ3n) is 2.47. The van der Waals surface area contributed by atoms with Gasteiger partial charge in [0.05, 0.1) is 11.5 Å². The van der Waals surface area contributed by atoms with Crippen LogP contribution < -0.4 is 5.32 Å². The molecule has 0 aliphatic rings. The van der Waals surface area contributed by atoms with Gasteiger partial charge in [0.2, 0.25) is 0 Å². The van der Waals surface area contributed by atoms with Crippen molar-refractivity contribution in [3.8, 4) is 0 Å². The second-order valence-electron chi connectivity index (χ2n) is 3.71. The Morgan fingerprint density at radius 1 is 1.42 bits per heavy atom. The molecule has 2 aromatic rings. The van der Waals surface area contributed by atoms with Gasteiger partial charge in [-0.2, -0.15) is 5.10 Å². The van der Waals surface area contributed by atoms with Crippen molar-refractivity contribution < 1.29 is 13.7 Å². The standard InChI is InChI=1S/C11H10F2N4O2/c12-8-2-3-9(17(18)19)11(10(8)13)14-5-7-16-6-1-4-15-16/h1-4,6,14H,5,7H2. The summed E-state index contributed by atoms with van der Waals surface area (Å²) >= 11 is 0. The number of aromatic nitrogens is 2. The molecule has 0 aliphatic heterocycles. The Morgan fingerprint density at radius 3 is 2.84 bits per heavy atom. The van der Waals surface area contributed by atoms with Crippen molar-refractivity contribution in [1.82, 2.24) is 9.78 Å². The number of halogens is 2. The maximum absolute atomic E-state index is 13.5. The molecule has 0 aliphatic carbocycles. The van der Waals surface area contributed by atoms with Crippen molar-refractivity contribution in [3.63, 3.8) is 0 Å². The van der Waals surface area contributed by atoms with Crippen molar-refractivity contribution in [2.45, 2.75) is 6.54 Å². The molecular formula is C11H10F2N4O2. The molecule has 8 heteroatoms. The van der Waals surface area contributed by atoms with Crippen LogP contribution in [-0.4, -0.2) is 21.2 Å². The molecule has 0 unspecified atom stereocenters. The fourth-order valence-electron chi connectivity index (χ4n) is 1.59. The molecule has 1 aromatic carbocycles. The van der Waals surface area contributed by atoms with Gasteiger partial charge in [0.15, 0.2) is 17.3 Å². The maximum atomic E-state index is 13.5. The normalized spacial score (nSPS) is 10.4. The Balaban J connectivity index is 2.14. The van der Waals surface area contributed by atoms with Gasteiger partial charge in [0.1, 0.15) is 0 Å². The molecule has 1 N–H and O–H groups in total. The second-order valence-corrected chi connectivity index (χ2v) is 3.71. The van der Waals surface area contributed by atoms with E-state index >= 15 is 0 Å². The van der Waals surface area contributed by atoms with Gasteiger partial charge >= 0.3 is 0 Å². The summed E-state index contributed by atoms with van der Waals surface area (Å²) in [6, 6.07) is 3.37. The van der Waals surface area contributed by atoms with Gasteiger partial charge < -0.3 is 5.32 Å². The van der Waals surface area contributed by atoms with Crippen molar-refractivity contribution in [2.24, 2.45) is 0 Å². The molecule has 6 nitrogen and oxygen atoms in total. The van der Waals surface area contributed by atoms with E-state index in [4.69, 9.17) is 0 Å². The Labute approximate surface area is 106 Å². The number of nitro benzene ring substituents is 1. The molecule has 100 valence electrons. The average Bonchev–Trinajstić information content (AvgIpc) is 2.87. The lowest BCUT2D eigenvalue weighted by Gasteiger charge is -2.08. The highest BCUT2D eigenvalue weighted by Gasteiger charge is 2.21. The number of rotatable bonds is 5. The van der Waals surface area contributed by atoms with Gasteiger partial charge in [-0.3, -0.25) is 14.8 Å². The molecule has 2 rings (SSSR count). The quantitative estimate of drug-likeness (QED) is 0.666. The fourth-order valence-corrected chi connectivity index (χ4v) is 1.59. The number of anilines is 1. The van der Waals surface area contributed by atoms with Crippen LogP contribution in [0.4, 0.5) is 20.2 Å². The first-order chi connectivity index (χ1) is 9.09. The topological polar surface area (TPSA) is 73.0 Å². The lowest BCUT2D eigenvalue weighted by atomic mass is 10.2. The van der Waals surface area contributed by atoms with Crippen LogP contribution in [0, 0.1) is 21.7 Å². The lowest BCUT2D eigenvalue weighted by molar-refractivity contribution is -0.384. The highest BCUT2D eigenvalue weighted by molar-refractivity contribution is 5.62. The van der Waals surface area contributed by atoms with Crippen molar-refractivity contribution in [1.29, 1.82) is 0 Å². The second kappa shape index (κ2) is 5.42. The van der Waals surface area contributed by atoms with Gasteiger partial charge in [-0.25, -0.2) is 8.78 Å². The fraction of sp³-hybridized carbons (Fsp3) is 0.182. The van der Waals surface area contributed by atoms with E-state index < -0.39 is 27.9 Å². The van der Waals surface area contributed by atoms with Gasteiger partial charge in [-0.05, 0) is 12.1 Å². The third-order valence-corrected chi connectivity index (χ3v) is 2.47. The number of nitrogens with zero attached hydrogens (tertiary/aromatic N) is 3. The third kappa shape index (κ3) is 2.84. The van der Waals surface area contributed by atoms with Gasteiger partial charge in [-0.1, -0.05) is 0 Å². The van der Waals surface area contributed by atoms with Gasteiger partial charge in [0.25, 0.3) is 5.69 Å². The lowest BCUT2D eigenvalue weighted by Crippen LogP contribution is -2.13. The molecule has 0 saturated carbocycles. The van der Waals surface area contributed by atoms with Crippen LogP contribution in [0.3, 0.4) is 0 Å². The molecule has 1 heterocycles. The summed E-state index contributed by atoms with van der Waals surface area (Å²) in [6.07, 6.45) is 3.27. The van der Waals surface area contributed by atoms with E-state index in [0.717, 1.165) is 12.1 Å². The molecular weight excluding hydrogens is 258 g/mol. The highest BCUT2D eigenvalue weighted by atomic mass is 19.2. The molecule has 0 atom stereocenters. The number of hydrogen-bond acceptors (Lipinski definition) is 4. The van der Waals surface area contributed by atoms with Crippen LogP contribution in [0.15, 0.2) is 30.6 Å². The first kappa shape index (κ1) is 12.9. The first-order valence-corrected chi connectivity index (χ1v) is 5.43. The Hall–Kier alpha value is -2.51. The van der Waals surface area contributed by atoms with Crippen LogP contribution in [0.25, 0.3) is 0 Å². The van der Waals surface area contributed by atoms with Crippen LogP contribution >= 0.6 is 0 Å². The minimum Gasteiger partial charge on any atom is -0.375 e. The summed E-state index contributed by atoms with van der Waals surface area (Å²) in [7, 11) is 0. The molecule has 0 radical (unpaired) electrons. The number of hydrogen-bond donors (Lipinski definition) is 1. The highest BCUT2D eigenvalue weighted by Crippen LogP contribution is 2.28. The van der Waals surface area contributed by atoms with Crippen molar-refractivity contribution in [3.05, 3.63) is 52.3 Å². The average molecular weight is 268 g/mol. The molecule has 1 aromatic heterocycles. The predicted octanol–water partition coefficient (Wildman–Crippen LogP) is 2.18. The summed E-state index contributed by atoms with van der Waals surface area (Å²) in [5.74, 6) is -2.39. The smallest absolute Gasteiger partial charge is 0.295 e. The van der Waals surface area contributed by atoms with Crippen LogP contribution in [0.2, 0.25) is 0 Å². The van der Waals surface area contributed by atoms with E-state index in [1.807, 2.05) is 0 Å². The minimum atomic E-state index is -1.25. The summed E-state index contributed by atoms with van der Waals surface area (Å²) in [5.41, 5.74) is -0.948. The van der Waals surface area contributed by atoms with Crippen LogP contribution in [0.5, 0.6) is 0 Å². The largest absolute Gasteiger partial charge is 0.375 e. The van der Waals surface area contributed by atoms with E-state index in [2.05, 4.69) is 10.4 Å². The van der Waals surface area contributed by atoms with E-state index in [1.165, 1.54) is 0 Å². The predicted molar refractivity (Wildman–Crippen MR) is 63.7 cm³/mol. The van der Waals surface area contributed by atoms with E-state index in [0.29, 0.717) is 6.54 Å². The summed E-state index contributed by atoms with van der Waals surface area (Å²) < 4.78 is 28.2. The number of benzene rings is 1. The van der Waals surface area contributed by atoms with E-state index in [9.17, 15) is 18.9 Å². The van der Waals surface area contributed by atoms with Crippen molar-refractivity contribution in [2.75, 3.05) is 11.9 Å². The minimum absolute atomic E-state index is 0.183. The van der Waals surface area contributed by atoms with Crippen molar-refractivity contribution >= 4 is 11.4 Å². The van der Waals surface area contributed by atoms with Crippen LogP contribution in [-0.2, 0) is 6.54 Å². The zero-order valence-electron chi connectivity index (χ0n) is 9.72. The SMILES string of the molecule is O=[N+]([O-])c1ccc(F)c(F)c1NCCn1cccn1. The molecule has 0 saturated heterocycles. The first-order valence-electron chi connectivity index (χ1n) is 5.43. The monoisotopic (exact) mass is 268 g/mol. The van der Waals surface area contributed by atoms with Crippen LogP contribution in [0.1, 0.15) is 0 Å². The summed E-state index contributed by atoms with van der Waals surface area (Å²) in [4.78, 5) is 9.97. The van der Waals surface area contributed by atoms with E-state index in [1.54, 1.807) is 23.1 Å². The van der Waals surface area contributed by atoms with Gasteiger partial charge in [0, 0.05) is 25.0 Å². The molecule has 19 heavy (non-hydrogen) atoms. The molecule has 0 amide bonds. The molecule has 0 bridgehead atoms. The maximum Gasteiger partial charge on any atom is 0.295 e. The summed E-state index contributed by atoms with van der Waals surface area (Å²) in [5, 5.41) is 17.2. The Kier molecular flexibility index (Phi) is 3.69. The molecule has 0 spiro atoms. The van der Waals surface area contributed by atoms with E-state index in [-0.39, 0.29) is 6.54 Å². The number of nitro groups is 1. The summed E-state index contributed by atoms with van der Waals surface area (Å²) in [6.45, 7) is 0.559. The van der Waals surface area contributed by atoms with Gasteiger partial charge in [-0.15, -0.1) is 0 Å².